The minimum Gasteiger partial charge on any atom is -0.497 e. The molecule has 0 aliphatic rings. The topological polar surface area (TPSA) is 64.7 Å². The molecule has 0 aliphatic carbocycles. The van der Waals surface area contributed by atoms with E-state index in [2.05, 4.69) is 5.16 Å². The normalized spacial score (nSPS) is 10.8. The first kappa shape index (κ1) is 16.9. The average molecular weight is 347 g/mol. The summed E-state index contributed by atoms with van der Waals surface area (Å²) in [7, 11) is 3.00. The van der Waals surface area contributed by atoms with Gasteiger partial charge in [0, 0.05) is 11.6 Å². The van der Waals surface area contributed by atoms with Gasteiger partial charge in [-0.05, 0) is 30.3 Å². The number of aromatic nitrogens is 1. The Kier molecular flexibility index (Phi) is 4.67. The molecule has 0 spiro atoms. The van der Waals surface area contributed by atoms with E-state index in [1.165, 1.54) is 14.2 Å². The number of hydrogen-bond acceptors (Lipinski definition) is 5. The lowest BCUT2D eigenvalue weighted by molar-refractivity contribution is 0.281. The minimum absolute atomic E-state index is 0.153. The molecule has 25 heavy (non-hydrogen) atoms. The van der Waals surface area contributed by atoms with Gasteiger partial charge in [-0.15, -0.1) is 0 Å². The molecule has 0 saturated carbocycles. The molecule has 0 radical (unpaired) electrons. The number of halogens is 2. The Bertz CT molecular complexity index is 888. The molecule has 0 atom stereocenters. The number of methoxy groups -OCH3 is 2. The summed E-state index contributed by atoms with van der Waals surface area (Å²) in [6.45, 7) is -0.438. The highest BCUT2D eigenvalue weighted by Crippen LogP contribution is 2.39. The van der Waals surface area contributed by atoms with Crippen LogP contribution in [-0.2, 0) is 6.61 Å². The fourth-order valence-corrected chi connectivity index (χ4v) is 2.58. The van der Waals surface area contributed by atoms with Crippen molar-refractivity contribution in [1.29, 1.82) is 0 Å². The maximum absolute atomic E-state index is 13.5. The van der Waals surface area contributed by atoms with Gasteiger partial charge in [0.15, 0.2) is 5.76 Å². The van der Waals surface area contributed by atoms with Crippen molar-refractivity contribution >= 4 is 0 Å². The van der Waals surface area contributed by atoms with Crippen molar-refractivity contribution < 1.29 is 27.9 Å². The van der Waals surface area contributed by atoms with Crippen LogP contribution in [-0.4, -0.2) is 24.5 Å². The van der Waals surface area contributed by atoms with Crippen molar-refractivity contribution in [3.8, 4) is 34.1 Å². The molecule has 0 amide bonds. The van der Waals surface area contributed by atoms with Crippen LogP contribution in [0.25, 0.3) is 22.6 Å². The lowest BCUT2D eigenvalue weighted by atomic mass is 10.0. The number of hydrogen-bond donors (Lipinski definition) is 1. The molecule has 3 rings (SSSR count). The van der Waals surface area contributed by atoms with Crippen LogP contribution >= 0.6 is 0 Å². The first-order valence-electron chi connectivity index (χ1n) is 7.35. The summed E-state index contributed by atoms with van der Waals surface area (Å²) in [5.41, 5.74) is 1.11. The average Bonchev–Trinajstić information content (AvgIpc) is 3.04. The quantitative estimate of drug-likeness (QED) is 0.761. The van der Waals surface area contributed by atoms with E-state index in [1.807, 2.05) is 0 Å². The van der Waals surface area contributed by atoms with Crippen LogP contribution in [0.1, 0.15) is 5.56 Å². The Balaban J connectivity index is 2.18. The van der Waals surface area contributed by atoms with E-state index < -0.39 is 18.2 Å². The van der Waals surface area contributed by atoms with E-state index in [0.29, 0.717) is 17.1 Å². The van der Waals surface area contributed by atoms with Crippen molar-refractivity contribution in [2.45, 2.75) is 6.61 Å². The highest BCUT2D eigenvalue weighted by atomic mass is 19.1. The third-order valence-electron chi connectivity index (χ3n) is 3.73. The predicted molar refractivity (Wildman–Crippen MR) is 86.3 cm³/mol. The molecule has 130 valence electrons. The van der Waals surface area contributed by atoms with Crippen LogP contribution in [0.3, 0.4) is 0 Å². The fraction of sp³-hybridized carbons (Fsp3) is 0.167. The van der Waals surface area contributed by atoms with Crippen molar-refractivity contribution in [1.82, 2.24) is 5.16 Å². The van der Waals surface area contributed by atoms with Crippen LogP contribution in [0.15, 0.2) is 40.9 Å². The zero-order chi connectivity index (χ0) is 18.0. The van der Waals surface area contributed by atoms with Gasteiger partial charge in [-0.1, -0.05) is 5.16 Å². The molecule has 2 aromatic carbocycles. The molecule has 7 heteroatoms. The highest BCUT2D eigenvalue weighted by Gasteiger charge is 2.22. The van der Waals surface area contributed by atoms with Gasteiger partial charge in [0.2, 0.25) is 0 Å². The molecular weight excluding hydrogens is 332 g/mol. The zero-order valence-electron chi connectivity index (χ0n) is 13.5. The molecule has 0 aliphatic heterocycles. The van der Waals surface area contributed by atoms with Gasteiger partial charge < -0.3 is 19.1 Å². The van der Waals surface area contributed by atoms with Crippen LogP contribution < -0.4 is 9.47 Å². The second-order valence-electron chi connectivity index (χ2n) is 5.22. The lowest BCUT2D eigenvalue weighted by Gasteiger charge is -2.09. The van der Waals surface area contributed by atoms with Crippen molar-refractivity contribution in [3.05, 3.63) is 53.6 Å². The Morgan fingerprint density at radius 2 is 1.76 bits per heavy atom. The molecule has 0 unspecified atom stereocenters. The van der Waals surface area contributed by atoms with E-state index in [9.17, 15) is 13.9 Å². The molecule has 0 bridgehead atoms. The molecule has 3 aromatic rings. The van der Waals surface area contributed by atoms with Crippen molar-refractivity contribution in [2.24, 2.45) is 0 Å². The highest BCUT2D eigenvalue weighted by molar-refractivity contribution is 5.76. The number of ether oxygens (including phenoxy) is 2. The molecule has 1 aromatic heterocycles. The second-order valence-corrected chi connectivity index (χ2v) is 5.22. The first-order valence-corrected chi connectivity index (χ1v) is 7.35. The fourth-order valence-electron chi connectivity index (χ4n) is 2.58. The number of rotatable bonds is 5. The lowest BCUT2D eigenvalue weighted by Crippen LogP contribution is -1.94. The maximum atomic E-state index is 13.5. The number of aliphatic hydroxyl groups is 1. The molecule has 0 saturated heterocycles. The third kappa shape index (κ3) is 3.18. The van der Waals surface area contributed by atoms with Gasteiger partial charge in [0.25, 0.3) is 0 Å². The van der Waals surface area contributed by atoms with E-state index in [1.54, 1.807) is 18.2 Å². The smallest absolute Gasteiger partial charge is 0.176 e. The van der Waals surface area contributed by atoms with E-state index in [-0.39, 0.29) is 22.6 Å². The number of aliphatic hydroxyl groups excluding tert-OH is 1. The molecule has 5 nitrogen and oxygen atoms in total. The van der Waals surface area contributed by atoms with Gasteiger partial charge in [0.1, 0.15) is 28.8 Å². The summed E-state index contributed by atoms with van der Waals surface area (Å²) in [6, 6.07) is 8.04. The predicted octanol–water partition coefficient (Wildman–Crippen LogP) is 3.80. The third-order valence-corrected chi connectivity index (χ3v) is 3.73. The Morgan fingerprint density at radius 3 is 2.36 bits per heavy atom. The largest absolute Gasteiger partial charge is 0.497 e. The van der Waals surface area contributed by atoms with Gasteiger partial charge in [-0.25, -0.2) is 8.78 Å². The van der Waals surface area contributed by atoms with Crippen LogP contribution in [0.5, 0.6) is 11.5 Å². The first-order chi connectivity index (χ1) is 12.1. The summed E-state index contributed by atoms with van der Waals surface area (Å²) in [5.74, 6) is -0.235. The summed E-state index contributed by atoms with van der Waals surface area (Å²) >= 11 is 0. The summed E-state index contributed by atoms with van der Waals surface area (Å²) in [4.78, 5) is 0. The Morgan fingerprint density at radius 1 is 1.04 bits per heavy atom. The molecule has 1 heterocycles. The summed E-state index contributed by atoms with van der Waals surface area (Å²) in [5, 5.41) is 13.7. The number of nitrogens with zero attached hydrogens (tertiary/aromatic N) is 1. The maximum Gasteiger partial charge on any atom is 0.176 e. The van der Waals surface area contributed by atoms with E-state index in [0.717, 1.165) is 18.2 Å². The SMILES string of the molecule is COc1ccc(OC)c(-c2onc(-c3cc(F)cc(F)c3)c2CO)c1. The standard InChI is InChI=1S/C18H15F2NO4/c1-23-13-3-4-16(24-2)14(8-13)18-15(9-22)17(21-25-18)10-5-11(19)7-12(20)6-10/h3-8,22H,9H2,1-2H3. The van der Waals surface area contributed by atoms with Gasteiger partial charge in [0.05, 0.1) is 32.0 Å². The van der Waals surface area contributed by atoms with Crippen LogP contribution in [0.2, 0.25) is 0 Å². The van der Waals surface area contributed by atoms with Gasteiger partial charge >= 0.3 is 0 Å². The van der Waals surface area contributed by atoms with Gasteiger partial charge in [-0.2, -0.15) is 0 Å². The van der Waals surface area contributed by atoms with E-state index in [4.69, 9.17) is 14.0 Å². The molecule has 1 N–H and O–H groups in total. The van der Waals surface area contributed by atoms with Crippen LogP contribution in [0, 0.1) is 11.6 Å². The zero-order valence-corrected chi connectivity index (χ0v) is 13.5. The van der Waals surface area contributed by atoms with E-state index >= 15 is 0 Å². The van der Waals surface area contributed by atoms with Crippen molar-refractivity contribution in [3.63, 3.8) is 0 Å². The second kappa shape index (κ2) is 6.90. The Labute approximate surface area is 142 Å². The number of benzene rings is 2. The summed E-state index contributed by atoms with van der Waals surface area (Å²) < 4.78 is 42.9. The summed E-state index contributed by atoms with van der Waals surface area (Å²) in [6.07, 6.45) is 0. The molecular formula is C18H15F2NO4. The van der Waals surface area contributed by atoms with Gasteiger partial charge in [-0.3, -0.25) is 0 Å². The minimum atomic E-state index is -0.748. The monoisotopic (exact) mass is 347 g/mol. The van der Waals surface area contributed by atoms with Crippen molar-refractivity contribution in [2.75, 3.05) is 14.2 Å². The Hall–Kier alpha value is -2.93. The molecule has 0 fully saturated rings. The van der Waals surface area contributed by atoms with Crippen LogP contribution in [0.4, 0.5) is 8.78 Å².